The zero-order valence-electron chi connectivity index (χ0n) is 13.2. The smallest absolute Gasteiger partial charge is 0.337 e. The Kier molecular flexibility index (Phi) is 6.29. The summed E-state index contributed by atoms with van der Waals surface area (Å²) >= 11 is 0. The number of carbonyl (C=O) groups excluding carboxylic acids is 1. The van der Waals surface area contributed by atoms with Crippen molar-refractivity contribution in [3.05, 3.63) is 54.1 Å². The van der Waals surface area contributed by atoms with Gasteiger partial charge in [-0.2, -0.15) is 0 Å². The zero-order valence-corrected chi connectivity index (χ0v) is 13.2. The topological polar surface area (TPSA) is 70.8 Å². The van der Waals surface area contributed by atoms with E-state index in [4.69, 9.17) is 15.2 Å². The minimum absolute atomic E-state index is 0.353. The predicted octanol–water partition coefficient (Wildman–Crippen LogP) is 3.29. The molecule has 2 aromatic carbocycles. The normalized spacial score (nSPS) is 10.1. The summed E-state index contributed by atoms with van der Waals surface area (Å²) in [6, 6.07) is 14.3. The van der Waals surface area contributed by atoms with E-state index in [0.29, 0.717) is 30.2 Å². The SMILES string of the molecule is COC(=O)c1ccc(OCCCCOc2ccccc2N)cc1. The average molecular weight is 315 g/mol. The Balaban J connectivity index is 1.64. The minimum Gasteiger partial charge on any atom is -0.494 e. The van der Waals surface area contributed by atoms with Crippen molar-refractivity contribution in [2.75, 3.05) is 26.1 Å². The second kappa shape index (κ2) is 8.68. The fraction of sp³-hybridized carbons (Fsp3) is 0.278. The highest BCUT2D eigenvalue weighted by molar-refractivity contribution is 5.89. The summed E-state index contributed by atoms with van der Waals surface area (Å²) in [4.78, 5) is 11.3. The molecule has 0 heterocycles. The number of methoxy groups -OCH3 is 1. The Hall–Kier alpha value is -2.69. The molecule has 0 fully saturated rings. The van der Waals surface area contributed by atoms with Crippen LogP contribution in [0.15, 0.2) is 48.5 Å². The molecule has 5 nitrogen and oxygen atoms in total. The Labute approximate surface area is 136 Å². The van der Waals surface area contributed by atoms with E-state index in [9.17, 15) is 4.79 Å². The Morgan fingerprint density at radius 2 is 1.61 bits per heavy atom. The number of nitrogens with two attached hydrogens (primary N) is 1. The summed E-state index contributed by atoms with van der Waals surface area (Å²) < 4.78 is 15.9. The van der Waals surface area contributed by atoms with Crippen molar-refractivity contribution < 1.29 is 19.0 Å². The van der Waals surface area contributed by atoms with Gasteiger partial charge in [0.2, 0.25) is 0 Å². The summed E-state index contributed by atoms with van der Waals surface area (Å²) in [7, 11) is 1.36. The Morgan fingerprint density at radius 3 is 2.26 bits per heavy atom. The summed E-state index contributed by atoms with van der Waals surface area (Å²) in [6.45, 7) is 1.18. The summed E-state index contributed by atoms with van der Waals surface area (Å²) in [5.41, 5.74) is 6.95. The number of rotatable bonds is 8. The largest absolute Gasteiger partial charge is 0.494 e. The van der Waals surface area contributed by atoms with Gasteiger partial charge in [-0.3, -0.25) is 0 Å². The molecule has 0 aliphatic heterocycles. The molecule has 2 rings (SSSR count). The first kappa shape index (κ1) is 16.7. The van der Waals surface area contributed by atoms with Gasteiger partial charge in [-0.05, 0) is 49.2 Å². The third-order valence-electron chi connectivity index (χ3n) is 3.26. The average Bonchev–Trinajstić information content (AvgIpc) is 2.59. The first-order valence-electron chi connectivity index (χ1n) is 7.49. The number of carbonyl (C=O) groups is 1. The number of ether oxygens (including phenoxy) is 3. The second-order valence-corrected chi connectivity index (χ2v) is 4.96. The molecular formula is C18H21NO4. The highest BCUT2D eigenvalue weighted by Gasteiger charge is 2.04. The lowest BCUT2D eigenvalue weighted by Gasteiger charge is -2.09. The van der Waals surface area contributed by atoms with E-state index < -0.39 is 0 Å². The maximum absolute atomic E-state index is 11.3. The van der Waals surface area contributed by atoms with Crippen LogP contribution in [-0.2, 0) is 4.74 Å². The monoisotopic (exact) mass is 315 g/mol. The van der Waals surface area contributed by atoms with E-state index in [1.165, 1.54) is 7.11 Å². The van der Waals surface area contributed by atoms with Gasteiger partial charge in [0.15, 0.2) is 0 Å². The fourth-order valence-electron chi connectivity index (χ4n) is 1.99. The van der Waals surface area contributed by atoms with Crippen molar-refractivity contribution in [3.8, 4) is 11.5 Å². The molecule has 0 radical (unpaired) electrons. The number of nitrogen functional groups attached to an aromatic ring is 1. The minimum atomic E-state index is -0.353. The Bertz CT molecular complexity index is 625. The predicted molar refractivity (Wildman–Crippen MR) is 88.9 cm³/mol. The van der Waals surface area contributed by atoms with Crippen LogP contribution < -0.4 is 15.2 Å². The first-order chi connectivity index (χ1) is 11.2. The van der Waals surface area contributed by atoms with E-state index in [1.807, 2.05) is 24.3 Å². The van der Waals surface area contributed by atoms with E-state index in [0.717, 1.165) is 18.6 Å². The van der Waals surface area contributed by atoms with Crippen LogP contribution in [0.2, 0.25) is 0 Å². The van der Waals surface area contributed by atoms with Crippen LogP contribution in [0.3, 0.4) is 0 Å². The lowest BCUT2D eigenvalue weighted by atomic mass is 10.2. The summed E-state index contributed by atoms with van der Waals surface area (Å²) in [5, 5.41) is 0. The molecule has 2 aromatic rings. The van der Waals surface area contributed by atoms with E-state index >= 15 is 0 Å². The van der Waals surface area contributed by atoms with Gasteiger partial charge in [-0.25, -0.2) is 4.79 Å². The summed E-state index contributed by atoms with van der Waals surface area (Å²) in [6.07, 6.45) is 1.74. The number of para-hydroxylation sites is 2. The molecule has 0 aliphatic carbocycles. The number of esters is 1. The summed E-state index contributed by atoms with van der Waals surface area (Å²) in [5.74, 6) is 1.09. The molecule has 0 bridgehead atoms. The van der Waals surface area contributed by atoms with Crippen molar-refractivity contribution in [3.63, 3.8) is 0 Å². The number of hydrogen-bond acceptors (Lipinski definition) is 5. The van der Waals surface area contributed by atoms with Crippen molar-refractivity contribution in [2.24, 2.45) is 0 Å². The van der Waals surface area contributed by atoms with Crippen molar-refractivity contribution in [1.29, 1.82) is 0 Å². The zero-order chi connectivity index (χ0) is 16.5. The Morgan fingerprint density at radius 1 is 0.957 bits per heavy atom. The van der Waals surface area contributed by atoms with Crippen LogP contribution in [0.1, 0.15) is 23.2 Å². The maximum Gasteiger partial charge on any atom is 0.337 e. The molecule has 0 saturated carbocycles. The quantitative estimate of drug-likeness (QED) is 0.460. The molecule has 0 aromatic heterocycles. The van der Waals surface area contributed by atoms with Crippen LogP contribution in [0, 0.1) is 0 Å². The second-order valence-electron chi connectivity index (χ2n) is 4.96. The van der Waals surface area contributed by atoms with Crippen molar-refractivity contribution in [1.82, 2.24) is 0 Å². The van der Waals surface area contributed by atoms with Crippen LogP contribution >= 0.6 is 0 Å². The third kappa shape index (κ3) is 5.21. The van der Waals surface area contributed by atoms with Gasteiger partial charge in [0.25, 0.3) is 0 Å². The molecule has 0 unspecified atom stereocenters. The van der Waals surface area contributed by atoms with Crippen molar-refractivity contribution in [2.45, 2.75) is 12.8 Å². The lowest BCUT2D eigenvalue weighted by molar-refractivity contribution is 0.0600. The first-order valence-corrected chi connectivity index (χ1v) is 7.49. The van der Waals surface area contributed by atoms with Gasteiger partial charge < -0.3 is 19.9 Å². The van der Waals surface area contributed by atoms with E-state index in [2.05, 4.69) is 4.74 Å². The van der Waals surface area contributed by atoms with Gasteiger partial charge >= 0.3 is 5.97 Å². The van der Waals surface area contributed by atoms with Crippen LogP contribution in [0.4, 0.5) is 5.69 Å². The maximum atomic E-state index is 11.3. The molecule has 0 aliphatic rings. The van der Waals surface area contributed by atoms with Gasteiger partial charge in [0.1, 0.15) is 11.5 Å². The van der Waals surface area contributed by atoms with Crippen LogP contribution in [-0.4, -0.2) is 26.3 Å². The highest BCUT2D eigenvalue weighted by Crippen LogP contribution is 2.20. The van der Waals surface area contributed by atoms with Crippen molar-refractivity contribution >= 4 is 11.7 Å². The highest BCUT2D eigenvalue weighted by atomic mass is 16.5. The van der Waals surface area contributed by atoms with Gasteiger partial charge in [-0.15, -0.1) is 0 Å². The molecule has 122 valence electrons. The van der Waals surface area contributed by atoms with E-state index in [-0.39, 0.29) is 5.97 Å². The third-order valence-corrected chi connectivity index (χ3v) is 3.26. The van der Waals surface area contributed by atoms with Gasteiger partial charge in [0, 0.05) is 0 Å². The molecule has 0 saturated heterocycles. The number of hydrogen-bond donors (Lipinski definition) is 1. The molecule has 0 spiro atoms. The molecular weight excluding hydrogens is 294 g/mol. The molecule has 23 heavy (non-hydrogen) atoms. The standard InChI is InChI=1S/C18H21NO4/c1-21-18(20)14-8-10-15(11-9-14)22-12-4-5-13-23-17-7-3-2-6-16(17)19/h2-3,6-11H,4-5,12-13,19H2,1H3. The number of benzene rings is 2. The molecule has 2 N–H and O–H groups in total. The van der Waals surface area contributed by atoms with E-state index in [1.54, 1.807) is 24.3 Å². The molecule has 0 atom stereocenters. The number of anilines is 1. The van der Waals surface area contributed by atoms with Gasteiger partial charge in [0.05, 0.1) is 31.6 Å². The van der Waals surface area contributed by atoms with Crippen LogP contribution in [0.25, 0.3) is 0 Å². The fourth-order valence-corrected chi connectivity index (χ4v) is 1.99. The lowest BCUT2D eigenvalue weighted by Crippen LogP contribution is -2.04. The number of unbranched alkanes of at least 4 members (excludes halogenated alkanes) is 1. The van der Waals surface area contributed by atoms with Gasteiger partial charge in [-0.1, -0.05) is 12.1 Å². The molecule has 5 heteroatoms. The van der Waals surface area contributed by atoms with Crippen LogP contribution in [0.5, 0.6) is 11.5 Å². The molecule has 0 amide bonds.